The fourth-order valence-corrected chi connectivity index (χ4v) is 2.40. The molecule has 2 rings (SSSR count). The van der Waals surface area contributed by atoms with E-state index in [1.165, 1.54) is 12.1 Å². The summed E-state index contributed by atoms with van der Waals surface area (Å²) in [6.45, 7) is -0.113. The second-order valence-electron chi connectivity index (χ2n) is 4.77. The standard InChI is InChI=1S/C11H14N2O5S/c1-19(17,18)8-2-3-9(10(6-8)13(15)16)12-11(7-14)4-5-11/h2-3,6,12,14H,4-5,7H2,1H3. The Labute approximate surface area is 110 Å². The highest BCUT2D eigenvalue weighted by molar-refractivity contribution is 7.90. The quantitative estimate of drug-likeness (QED) is 0.615. The van der Waals surface area contributed by atoms with E-state index in [0.29, 0.717) is 0 Å². The molecule has 0 amide bonds. The van der Waals surface area contributed by atoms with Gasteiger partial charge < -0.3 is 10.4 Å². The molecule has 8 heteroatoms. The van der Waals surface area contributed by atoms with E-state index in [1.807, 2.05) is 0 Å². The number of nitro benzene ring substituents is 1. The molecule has 1 aromatic carbocycles. The van der Waals surface area contributed by atoms with Crippen LogP contribution in [-0.4, -0.2) is 36.8 Å². The molecule has 1 saturated carbocycles. The SMILES string of the molecule is CS(=O)(=O)c1ccc(NC2(CO)CC2)c([N+](=O)[O-])c1. The van der Waals surface area contributed by atoms with Crippen molar-refractivity contribution in [3.63, 3.8) is 0 Å². The van der Waals surface area contributed by atoms with Crippen molar-refractivity contribution < 1.29 is 18.4 Å². The van der Waals surface area contributed by atoms with Gasteiger partial charge in [-0.15, -0.1) is 0 Å². The molecule has 0 heterocycles. The van der Waals surface area contributed by atoms with E-state index < -0.39 is 20.3 Å². The van der Waals surface area contributed by atoms with Crippen LogP contribution in [0.25, 0.3) is 0 Å². The number of hydrogen-bond donors (Lipinski definition) is 2. The lowest BCUT2D eigenvalue weighted by Crippen LogP contribution is -2.26. The highest BCUT2D eigenvalue weighted by atomic mass is 32.2. The van der Waals surface area contributed by atoms with E-state index in [1.54, 1.807) is 0 Å². The van der Waals surface area contributed by atoms with E-state index in [9.17, 15) is 23.6 Å². The van der Waals surface area contributed by atoms with Gasteiger partial charge in [0.15, 0.2) is 9.84 Å². The summed E-state index contributed by atoms with van der Waals surface area (Å²) in [5.74, 6) is 0. The molecule has 0 atom stereocenters. The van der Waals surface area contributed by atoms with Crippen molar-refractivity contribution in [1.82, 2.24) is 0 Å². The van der Waals surface area contributed by atoms with E-state index >= 15 is 0 Å². The van der Waals surface area contributed by atoms with Crippen molar-refractivity contribution in [1.29, 1.82) is 0 Å². The van der Waals surface area contributed by atoms with Crippen molar-refractivity contribution >= 4 is 21.2 Å². The first-order chi connectivity index (χ1) is 8.77. The molecule has 0 radical (unpaired) electrons. The molecule has 0 unspecified atom stereocenters. The molecule has 1 aliphatic rings. The van der Waals surface area contributed by atoms with Gasteiger partial charge in [0.2, 0.25) is 0 Å². The number of anilines is 1. The summed E-state index contributed by atoms with van der Waals surface area (Å²) in [7, 11) is -3.49. The number of hydrogen-bond acceptors (Lipinski definition) is 6. The van der Waals surface area contributed by atoms with Crippen LogP contribution >= 0.6 is 0 Å². The molecule has 7 nitrogen and oxygen atoms in total. The van der Waals surface area contributed by atoms with Gasteiger partial charge in [-0.25, -0.2) is 8.42 Å². The largest absolute Gasteiger partial charge is 0.394 e. The summed E-state index contributed by atoms with van der Waals surface area (Å²) in [5, 5.41) is 23.1. The second-order valence-corrected chi connectivity index (χ2v) is 6.79. The first kappa shape index (κ1) is 13.8. The zero-order valence-corrected chi connectivity index (χ0v) is 11.1. The van der Waals surface area contributed by atoms with Crippen molar-refractivity contribution in [2.24, 2.45) is 0 Å². The molecule has 0 aromatic heterocycles. The third-order valence-electron chi connectivity index (χ3n) is 3.15. The summed E-state index contributed by atoms with van der Waals surface area (Å²) >= 11 is 0. The van der Waals surface area contributed by atoms with Crippen LogP contribution in [0.5, 0.6) is 0 Å². The minimum absolute atomic E-state index is 0.0985. The molecular formula is C11H14N2O5S. The Morgan fingerprint density at radius 2 is 2.11 bits per heavy atom. The average Bonchev–Trinajstić information content (AvgIpc) is 3.08. The third-order valence-corrected chi connectivity index (χ3v) is 4.26. The van der Waals surface area contributed by atoms with Crippen LogP contribution in [0.3, 0.4) is 0 Å². The van der Waals surface area contributed by atoms with Crippen LogP contribution < -0.4 is 5.32 Å². The predicted octanol–water partition coefficient (Wildman–Crippen LogP) is 0.935. The second kappa shape index (κ2) is 4.46. The predicted molar refractivity (Wildman–Crippen MR) is 68.9 cm³/mol. The number of rotatable bonds is 5. The third kappa shape index (κ3) is 2.85. The molecule has 1 aromatic rings. The van der Waals surface area contributed by atoms with Crippen LogP contribution in [0.1, 0.15) is 12.8 Å². The van der Waals surface area contributed by atoms with E-state index in [-0.39, 0.29) is 22.9 Å². The van der Waals surface area contributed by atoms with Crippen LogP contribution in [0, 0.1) is 10.1 Å². The number of nitrogens with one attached hydrogen (secondary N) is 1. The molecule has 0 bridgehead atoms. The molecule has 0 saturated heterocycles. The first-order valence-corrected chi connectivity index (χ1v) is 7.54. The Hall–Kier alpha value is -1.67. The average molecular weight is 286 g/mol. The maximum Gasteiger partial charge on any atom is 0.293 e. The van der Waals surface area contributed by atoms with Crippen molar-refractivity contribution in [3.05, 3.63) is 28.3 Å². The lowest BCUT2D eigenvalue weighted by Gasteiger charge is -2.16. The highest BCUT2D eigenvalue weighted by Crippen LogP contribution is 2.41. The molecule has 0 aliphatic heterocycles. The van der Waals surface area contributed by atoms with E-state index in [2.05, 4.69) is 5.32 Å². The Morgan fingerprint density at radius 1 is 1.47 bits per heavy atom. The van der Waals surface area contributed by atoms with Gasteiger partial charge >= 0.3 is 0 Å². The Bertz CT molecular complexity index is 622. The van der Waals surface area contributed by atoms with Crippen LogP contribution in [-0.2, 0) is 9.84 Å². The number of aliphatic hydroxyl groups is 1. The number of aliphatic hydroxyl groups excluding tert-OH is 1. The van der Waals surface area contributed by atoms with Gasteiger partial charge in [0.1, 0.15) is 5.69 Å². The van der Waals surface area contributed by atoms with Gasteiger partial charge in [0.05, 0.1) is 22.0 Å². The summed E-state index contributed by atoms with van der Waals surface area (Å²) < 4.78 is 22.8. The number of nitro groups is 1. The molecule has 2 N–H and O–H groups in total. The van der Waals surface area contributed by atoms with Gasteiger partial charge in [-0.2, -0.15) is 0 Å². The Kier molecular flexibility index (Phi) is 3.23. The normalized spacial score (nSPS) is 16.9. The Balaban J connectivity index is 2.42. The molecule has 1 aliphatic carbocycles. The fraction of sp³-hybridized carbons (Fsp3) is 0.455. The fourth-order valence-electron chi connectivity index (χ4n) is 1.76. The minimum Gasteiger partial charge on any atom is -0.394 e. The molecule has 1 fully saturated rings. The summed E-state index contributed by atoms with van der Waals surface area (Å²) in [6.07, 6.45) is 2.46. The van der Waals surface area contributed by atoms with Crippen molar-refractivity contribution in [2.75, 3.05) is 18.2 Å². The number of benzene rings is 1. The molecule has 0 spiro atoms. The molecule has 19 heavy (non-hydrogen) atoms. The maximum absolute atomic E-state index is 11.4. The summed E-state index contributed by atoms with van der Waals surface area (Å²) in [5.41, 5.74) is -0.580. The molecule has 104 valence electrons. The van der Waals surface area contributed by atoms with E-state index in [4.69, 9.17) is 0 Å². The Morgan fingerprint density at radius 3 is 2.53 bits per heavy atom. The van der Waals surface area contributed by atoms with Crippen LogP contribution in [0.15, 0.2) is 23.1 Å². The number of sulfone groups is 1. The molecular weight excluding hydrogens is 272 g/mol. The van der Waals surface area contributed by atoms with Crippen molar-refractivity contribution in [3.8, 4) is 0 Å². The minimum atomic E-state index is -3.49. The van der Waals surface area contributed by atoms with Crippen LogP contribution in [0.4, 0.5) is 11.4 Å². The zero-order valence-electron chi connectivity index (χ0n) is 10.3. The lowest BCUT2D eigenvalue weighted by molar-refractivity contribution is -0.384. The number of nitrogens with zero attached hydrogens (tertiary/aromatic N) is 1. The van der Waals surface area contributed by atoms with Gasteiger partial charge in [0, 0.05) is 12.3 Å². The van der Waals surface area contributed by atoms with Gasteiger partial charge in [0.25, 0.3) is 5.69 Å². The maximum atomic E-state index is 11.4. The monoisotopic (exact) mass is 286 g/mol. The summed E-state index contributed by atoms with van der Waals surface area (Å²) in [4.78, 5) is 10.3. The highest BCUT2D eigenvalue weighted by Gasteiger charge is 2.43. The van der Waals surface area contributed by atoms with Gasteiger partial charge in [-0.3, -0.25) is 10.1 Å². The van der Waals surface area contributed by atoms with Gasteiger partial charge in [-0.1, -0.05) is 0 Å². The summed E-state index contributed by atoms with van der Waals surface area (Å²) in [6, 6.07) is 3.72. The van der Waals surface area contributed by atoms with Crippen molar-refractivity contribution in [2.45, 2.75) is 23.3 Å². The van der Waals surface area contributed by atoms with E-state index in [0.717, 1.165) is 25.2 Å². The zero-order chi connectivity index (χ0) is 14.3. The van der Waals surface area contributed by atoms with Crippen LogP contribution in [0.2, 0.25) is 0 Å². The first-order valence-electron chi connectivity index (χ1n) is 5.65. The topological polar surface area (TPSA) is 110 Å². The lowest BCUT2D eigenvalue weighted by atomic mass is 10.2. The smallest absolute Gasteiger partial charge is 0.293 e. The van der Waals surface area contributed by atoms with Gasteiger partial charge in [-0.05, 0) is 25.0 Å².